The Morgan fingerprint density at radius 1 is 1.24 bits per heavy atom. The molecule has 1 aliphatic heterocycles. The number of nitrogens with one attached hydrogen (secondary N) is 1. The Labute approximate surface area is 127 Å². The molecule has 2 aromatic heterocycles. The van der Waals surface area contributed by atoms with Gasteiger partial charge in [0.25, 0.3) is 0 Å². The molecule has 0 fully saturated rings. The van der Waals surface area contributed by atoms with Crippen LogP contribution in [0, 0.1) is 0 Å². The summed E-state index contributed by atoms with van der Waals surface area (Å²) in [6.45, 7) is 6.24. The zero-order valence-electron chi connectivity index (χ0n) is 12.1. The van der Waals surface area contributed by atoms with Crippen molar-refractivity contribution in [3.8, 4) is 10.6 Å². The van der Waals surface area contributed by atoms with Crippen molar-refractivity contribution in [3.05, 3.63) is 35.2 Å². The van der Waals surface area contributed by atoms with Crippen molar-refractivity contribution >= 4 is 16.3 Å². The number of rotatable bonds is 2. The van der Waals surface area contributed by atoms with Gasteiger partial charge in [0.1, 0.15) is 5.01 Å². The van der Waals surface area contributed by atoms with Crippen LogP contribution in [-0.4, -0.2) is 26.4 Å². The highest BCUT2D eigenvalue weighted by Crippen LogP contribution is 2.29. The van der Waals surface area contributed by atoms with Crippen molar-refractivity contribution in [2.75, 3.05) is 6.54 Å². The van der Waals surface area contributed by atoms with Crippen LogP contribution in [0.15, 0.2) is 18.2 Å². The van der Waals surface area contributed by atoms with Crippen LogP contribution in [-0.2, 0) is 13.0 Å². The van der Waals surface area contributed by atoms with E-state index < -0.39 is 0 Å². The van der Waals surface area contributed by atoms with Crippen LogP contribution in [0.1, 0.15) is 36.7 Å². The van der Waals surface area contributed by atoms with Gasteiger partial charge in [0, 0.05) is 18.0 Å². The van der Waals surface area contributed by atoms with Crippen LogP contribution in [0.5, 0.6) is 0 Å². The molecule has 4 rings (SSSR count). The maximum absolute atomic E-state index is 4.70. The van der Waals surface area contributed by atoms with Gasteiger partial charge in [0.15, 0.2) is 5.82 Å². The standard InChI is InChI=1S/C15H17N5S/c1-9(2)13-17-18-15-20(13)19-14(21-15)11-4-3-10-5-6-16-8-12(10)7-11/h3-4,7,9,16H,5-6,8H2,1-2H3. The van der Waals surface area contributed by atoms with E-state index in [0.717, 1.165) is 35.3 Å². The van der Waals surface area contributed by atoms with Crippen LogP contribution < -0.4 is 5.32 Å². The second-order valence-electron chi connectivity index (χ2n) is 5.72. The zero-order chi connectivity index (χ0) is 14.4. The molecular weight excluding hydrogens is 282 g/mol. The molecule has 0 atom stereocenters. The van der Waals surface area contributed by atoms with Crippen LogP contribution in [0.4, 0.5) is 0 Å². The fourth-order valence-electron chi connectivity index (χ4n) is 2.72. The minimum atomic E-state index is 0.322. The van der Waals surface area contributed by atoms with Crippen molar-refractivity contribution in [1.29, 1.82) is 0 Å². The normalized spacial score (nSPS) is 14.8. The van der Waals surface area contributed by atoms with E-state index in [4.69, 9.17) is 5.10 Å². The highest BCUT2D eigenvalue weighted by atomic mass is 32.1. The number of hydrogen-bond donors (Lipinski definition) is 1. The molecule has 0 saturated heterocycles. The van der Waals surface area contributed by atoms with E-state index in [9.17, 15) is 0 Å². The molecule has 1 aromatic carbocycles. The molecule has 108 valence electrons. The van der Waals surface area contributed by atoms with E-state index in [-0.39, 0.29) is 0 Å². The van der Waals surface area contributed by atoms with Crippen molar-refractivity contribution in [1.82, 2.24) is 25.1 Å². The second kappa shape index (κ2) is 4.89. The fraction of sp³-hybridized carbons (Fsp3) is 0.400. The lowest BCUT2D eigenvalue weighted by Crippen LogP contribution is -2.23. The largest absolute Gasteiger partial charge is 0.312 e. The zero-order valence-corrected chi connectivity index (χ0v) is 12.9. The minimum absolute atomic E-state index is 0.322. The number of aromatic nitrogens is 4. The van der Waals surface area contributed by atoms with Gasteiger partial charge >= 0.3 is 0 Å². The van der Waals surface area contributed by atoms with Gasteiger partial charge in [-0.3, -0.25) is 0 Å². The van der Waals surface area contributed by atoms with E-state index in [1.165, 1.54) is 16.7 Å². The summed E-state index contributed by atoms with van der Waals surface area (Å²) in [6, 6.07) is 6.66. The Kier molecular flexibility index (Phi) is 3.01. The highest BCUT2D eigenvalue weighted by molar-refractivity contribution is 7.19. The third kappa shape index (κ3) is 2.15. The monoisotopic (exact) mass is 299 g/mol. The molecule has 3 heterocycles. The Hall–Kier alpha value is -1.79. The van der Waals surface area contributed by atoms with Crippen molar-refractivity contribution in [2.45, 2.75) is 32.7 Å². The summed E-state index contributed by atoms with van der Waals surface area (Å²) in [5.41, 5.74) is 4.00. The first kappa shape index (κ1) is 12.9. The summed E-state index contributed by atoms with van der Waals surface area (Å²) in [7, 11) is 0. The van der Waals surface area contributed by atoms with Gasteiger partial charge in [0.05, 0.1) is 0 Å². The molecule has 1 N–H and O–H groups in total. The molecule has 0 aliphatic carbocycles. The molecule has 0 unspecified atom stereocenters. The van der Waals surface area contributed by atoms with Crippen molar-refractivity contribution in [2.24, 2.45) is 0 Å². The summed E-state index contributed by atoms with van der Waals surface area (Å²) in [5.74, 6) is 1.25. The molecule has 21 heavy (non-hydrogen) atoms. The van der Waals surface area contributed by atoms with Gasteiger partial charge in [-0.2, -0.15) is 9.61 Å². The fourth-order valence-corrected chi connectivity index (χ4v) is 3.56. The second-order valence-corrected chi connectivity index (χ2v) is 6.68. The molecule has 0 radical (unpaired) electrons. The number of nitrogens with zero attached hydrogens (tertiary/aromatic N) is 4. The van der Waals surface area contributed by atoms with Gasteiger partial charge in [0.2, 0.25) is 4.96 Å². The first-order valence-corrected chi connectivity index (χ1v) is 8.09. The van der Waals surface area contributed by atoms with Crippen LogP contribution in [0.2, 0.25) is 0 Å². The summed E-state index contributed by atoms with van der Waals surface area (Å²) < 4.78 is 1.88. The van der Waals surface area contributed by atoms with E-state index >= 15 is 0 Å². The van der Waals surface area contributed by atoms with Gasteiger partial charge in [-0.25, -0.2) is 0 Å². The predicted molar refractivity (Wildman–Crippen MR) is 83.6 cm³/mol. The highest BCUT2D eigenvalue weighted by Gasteiger charge is 2.16. The quantitative estimate of drug-likeness (QED) is 0.790. The SMILES string of the molecule is CC(C)c1nnc2sc(-c3ccc4c(c3)CNCC4)nn12. The first-order chi connectivity index (χ1) is 10.2. The summed E-state index contributed by atoms with van der Waals surface area (Å²) >= 11 is 1.60. The lowest BCUT2D eigenvalue weighted by atomic mass is 9.99. The topological polar surface area (TPSA) is 55.1 Å². The molecule has 0 bridgehead atoms. The van der Waals surface area contributed by atoms with E-state index in [1.54, 1.807) is 11.3 Å². The molecule has 0 amide bonds. The van der Waals surface area contributed by atoms with Gasteiger partial charge in [-0.1, -0.05) is 37.3 Å². The van der Waals surface area contributed by atoms with Crippen LogP contribution >= 0.6 is 11.3 Å². The molecule has 0 saturated carbocycles. The van der Waals surface area contributed by atoms with Gasteiger partial charge < -0.3 is 5.32 Å². The molecule has 0 spiro atoms. The van der Waals surface area contributed by atoms with E-state index in [2.05, 4.69) is 47.6 Å². The van der Waals surface area contributed by atoms with E-state index in [1.807, 2.05) is 4.52 Å². The number of hydrogen-bond acceptors (Lipinski definition) is 5. The number of benzene rings is 1. The van der Waals surface area contributed by atoms with Crippen molar-refractivity contribution in [3.63, 3.8) is 0 Å². The molecule has 1 aliphatic rings. The third-order valence-electron chi connectivity index (χ3n) is 3.87. The average Bonchev–Trinajstić information content (AvgIpc) is 3.06. The van der Waals surface area contributed by atoms with Gasteiger partial charge in [-0.15, -0.1) is 10.2 Å². The van der Waals surface area contributed by atoms with Crippen molar-refractivity contribution < 1.29 is 0 Å². The lowest BCUT2D eigenvalue weighted by Gasteiger charge is -2.17. The molecule has 6 heteroatoms. The smallest absolute Gasteiger partial charge is 0.234 e. The maximum Gasteiger partial charge on any atom is 0.234 e. The molecule has 3 aromatic rings. The van der Waals surface area contributed by atoms with E-state index in [0.29, 0.717) is 5.92 Å². The Balaban J connectivity index is 1.79. The molecular formula is C15H17N5S. The third-order valence-corrected chi connectivity index (χ3v) is 4.82. The molecule has 5 nitrogen and oxygen atoms in total. The average molecular weight is 299 g/mol. The Morgan fingerprint density at radius 2 is 2.14 bits per heavy atom. The number of fused-ring (bicyclic) bond motifs is 2. The Bertz CT molecular complexity index is 802. The summed E-state index contributed by atoms with van der Waals surface area (Å²) in [4.78, 5) is 0.865. The maximum atomic E-state index is 4.70. The van der Waals surface area contributed by atoms with Crippen LogP contribution in [0.25, 0.3) is 15.5 Å². The summed E-state index contributed by atoms with van der Waals surface area (Å²) in [6.07, 6.45) is 1.11. The van der Waals surface area contributed by atoms with Crippen LogP contribution in [0.3, 0.4) is 0 Å². The minimum Gasteiger partial charge on any atom is -0.312 e. The first-order valence-electron chi connectivity index (χ1n) is 7.27. The Morgan fingerprint density at radius 3 is 3.00 bits per heavy atom. The predicted octanol–water partition coefficient (Wildman–Crippen LogP) is 2.62. The summed E-state index contributed by atoms with van der Waals surface area (Å²) in [5, 5.41) is 17.6. The van der Waals surface area contributed by atoms with Gasteiger partial charge in [-0.05, 0) is 30.2 Å². The lowest BCUT2D eigenvalue weighted by molar-refractivity contribution is 0.644.